The van der Waals surface area contributed by atoms with Crippen molar-refractivity contribution in [2.45, 2.75) is 0 Å². The summed E-state index contributed by atoms with van der Waals surface area (Å²) in [6.07, 6.45) is 0. The van der Waals surface area contributed by atoms with Gasteiger partial charge in [-0.3, -0.25) is 4.79 Å². The van der Waals surface area contributed by atoms with Gasteiger partial charge < -0.3 is 9.84 Å². The van der Waals surface area contributed by atoms with Crippen LogP contribution in [-0.4, -0.2) is 24.0 Å². The topological polar surface area (TPSA) is 63.6 Å². The number of Topliss-reactive ketones (excluding diaryl/α,β-unsaturated/α-hetero) is 1. The number of carbonyl (C=O) groups excluding carboxylic acids is 1. The van der Waals surface area contributed by atoms with Gasteiger partial charge in [-0.25, -0.2) is 4.79 Å². The van der Waals surface area contributed by atoms with Crippen LogP contribution in [0.15, 0.2) is 24.3 Å². The maximum Gasteiger partial charge on any atom is 0.377 e. The van der Waals surface area contributed by atoms with E-state index in [-0.39, 0.29) is 5.56 Å². The summed E-state index contributed by atoms with van der Waals surface area (Å²) in [5.74, 6) is -1.93. The Balaban J connectivity index is 3.02. The SMILES string of the molecule is COc1cccc(C(=O)C(=O)O)c1. The molecule has 0 saturated carbocycles. The van der Waals surface area contributed by atoms with Crippen molar-refractivity contribution in [2.75, 3.05) is 7.11 Å². The molecule has 0 unspecified atom stereocenters. The number of carbonyl (C=O) groups is 2. The van der Waals surface area contributed by atoms with Crippen LogP contribution in [0.5, 0.6) is 5.75 Å². The Morgan fingerprint density at radius 1 is 1.38 bits per heavy atom. The average molecular weight is 180 g/mol. The van der Waals surface area contributed by atoms with Crippen LogP contribution in [0.1, 0.15) is 10.4 Å². The molecule has 1 aromatic rings. The van der Waals surface area contributed by atoms with Crippen molar-refractivity contribution in [1.82, 2.24) is 0 Å². The zero-order valence-corrected chi connectivity index (χ0v) is 6.98. The highest BCUT2D eigenvalue weighted by Crippen LogP contribution is 2.12. The van der Waals surface area contributed by atoms with E-state index in [4.69, 9.17) is 9.84 Å². The highest BCUT2D eigenvalue weighted by atomic mass is 16.5. The molecule has 0 bridgehead atoms. The van der Waals surface area contributed by atoms with Crippen LogP contribution in [0, 0.1) is 0 Å². The van der Waals surface area contributed by atoms with Gasteiger partial charge in [0.25, 0.3) is 5.78 Å². The van der Waals surface area contributed by atoms with Crippen LogP contribution in [0.2, 0.25) is 0 Å². The van der Waals surface area contributed by atoms with E-state index in [0.717, 1.165) is 0 Å². The van der Waals surface area contributed by atoms with Crippen LogP contribution >= 0.6 is 0 Å². The first-order valence-electron chi connectivity index (χ1n) is 3.57. The van der Waals surface area contributed by atoms with Gasteiger partial charge >= 0.3 is 5.97 Å². The fourth-order valence-electron chi connectivity index (χ4n) is 0.888. The smallest absolute Gasteiger partial charge is 0.377 e. The molecular weight excluding hydrogens is 172 g/mol. The van der Waals surface area contributed by atoms with Crippen molar-refractivity contribution in [3.63, 3.8) is 0 Å². The molecule has 0 aromatic heterocycles. The first-order valence-corrected chi connectivity index (χ1v) is 3.57. The molecule has 0 aliphatic carbocycles. The molecular formula is C9H8O4. The largest absolute Gasteiger partial charge is 0.497 e. The summed E-state index contributed by atoms with van der Waals surface area (Å²) in [6.45, 7) is 0. The molecule has 0 aliphatic rings. The van der Waals surface area contributed by atoms with E-state index in [2.05, 4.69) is 0 Å². The zero-order chi connectivity index (χ0) is 9.84. The number of aliphatic carboxylic acids is 1. The van der Waals surface area contributed by atoms with Crippen molar-refractivity contribution in [1.29, 1.82) is 0 Å². The van der Waals surface area contributed by atoms with Crippen molar-refractivity contribution in [3.8, 4) is 5.75 Å². The lowest BCUT2D eigenvalue weighted by Gasteiger charge is -2.00. The molecule has 0 amide bonds. The molecule has 13 heavy (non-hydrogen) atoms. The predicted octanol–water partition coefficient (Wildman–Crippen LogP) is 0.962. The van der Waals surface area contributed by atoms with Crippen LogP contribution < -0.4 is 4.74 Å². The maximum atomic E-state index is 11.0. The summed E-state index contributed by atoms with van der Waals surface area (Å²) in [5, 5.41) is 8.41. The molecule has 0 aliphatic heterocycles. The minimum atomic E-state index is -1.46. The van der Waals surface area contributed by atoms with E-state index < -0.39 is 11.8 Å². The van der Waals surface area contributed by atoms with Crippen LogP contribution in [0.4, 0.5) is 0 Å². The fourth-order valence-corrected chi connectivity index (χ4v) is 0.888. The molecule has 0 heterocycles. The Hall–Kier alpha value is -1.84. The Morgan fingerprint density at radius 2 is 2.08 bits per heavy atom. The lowest BCUT2D eigenvalue weighted by atomic mass is 10.1. The Kier molecular flexibility index (Phi) is 2.64. The number of methoxy groups -OCH3 is 1. The third-order valence-electron chi connectivity index (χ3n) is 1.53. The molecule has 0 saturated heterocycles. The number of rotatable bonds is 3. The quantitative estimate of drug-likeness (QED) is 0.556. The van der Waals surface area contributed by atoms with Gasteiger partial charge in [-0.15, -0.1) is 0 Å². The standard InChI is InChI=1S/C9H8O4/c1-13-7-4-2-3-6(5-7)8(10)9(11)12/h2-5H,1H3,(H,11,12). The number of ether oxygens (including phenoxy) is 1. The number of hydrogen-bond acceptors (Lipinski definition) is 3. The van der Waals surface area contributed by atoms with Gasteiger partial charge in [0.05, 0.1) is 7.11 Å². The number of ketones is 1. The van der Waals surface area contributed by atoms with E-state index in [1.54, 1.807) is 12.1 Å². The van der Waals surface area contributed by atoms with E-state index in [9.17, 15) is 9.59 Å². The molecule has 68 valence electrons. The van der Waals surface area contributed by atoms with Gasteiger partial charge in [-0.1, -0.05) is 12.1 Å². The second-order valence-electron chi connectivity index (χ2n) is 2.37. The van der Waals surface area contributed by atoms with E-state index in [1.165, 1.54) is 19.2 Å². The minimum Gasteiger partial charge on any atom is -0.497 e. The second kappa shape index (κ2) is 3.71. The van der Waals surface area contributed by atoms with Crippen molar-refractivity contribution in [3.05, 3.63) is 29.8 Å². The molecule has 0 radical (unpaired) electrons. The van der Waals surface area contributed by atoms with Gasteiger partial charge in [0, 0.05) is 5.56 Å². The monoisotopic (exact) mass is 180 g/mol. The minimum absolute atomic E-state index is 0.117. The van der Waals surface area contributed by atoms with Gasteiger partial charge in [0.1, 0.15) is 5.75 Å². The predicted molar refractivity (Wildman–Crippen MR) is 45.0 cm³/mol. The number of hydrogen-bond donors (Lipinski definition) is 1. The van der Waals surface area contributed by atoms with Gasteiger partial charge in [-0.05, 0) is 12.1 Å². The maximum absolute atomic E-state index is 11.0. The molecule has 4 heteroatoms. The summed E-state index contributed by atoms with van der Waals surface area (Å²) in [4.78, 5) is 21.3. The summed E-state index contributed by atoms with van der Waals surface area (Å²) < 4.78 is 4.84. The van der Waals surface area contributed by atoms with Gasteiger partial charge in [0.15, 0.2) is 0 Å². The molecule has 0 spiro atoms. The summed E-state index contributed by atoms with van der Waals surface area (Å²) in [5.41, 5.74) is 0.117. The number of carboxylic acid groups (broad SMARTS) is 1. The Bertz CT molecular complexity index is 343. The molecule has 0 atom stereocenters. The van der Waals surface area contributed by atoms with Gasteiger partial charge in [0.2, 0.25) is 0 Å². The third kappa shape index (κ3) is 2.05. The van der Waals surface area contributed by atoms with Crippen LogP contribution in [0.3, 0.4) is 0 Å². The van der Waals surface area contributed by atoms with Crippen molar-refractivity contribution in [2.24, 2.45) is 0 Å². The number of carboxylic acids is 1. The molecule has 1 rings (SSSR count). The van der Waals surface area contributed by atoms with Crippen LogP contribution in [0.25, 0.3) is 0 Å². The molecule has 1 aromatic carbocycles. The van der Waals surface area contributed by atoms with Crippen molar-refractivity contribution >= 4 is 11.8 Å². The summed E-state index contributed by atoms with van der Waals surface area (Å²) in [6, 6.07) is 6.02. The fraction of sp³-hybridized carbons (Fsp3) is 0.111. The number of benzene rings is 1. The highest BCUT2D eigenvalue weighted by molar-refractivity contribution is 6.39. The average Bonchev–Trinajstić information content (AvgIpc) is 2.16. The normalized spacial score (nSPS) is 9.31. The first-order chi connectivity index (χ1) is 6.15. The van der Waals surface area contributed by atoms with Crippen molar-refractivity contribution < 1.29 is 19.4 Å². The summed E-state index contributed by atoms with van der Waals surface area (Å²) >= 11 is 0. The zero-order valence-electron chi connectivity index (χ0n) is 6.98. The summed E-state index contributed by atoms with van der Waals surface area (Å²) in [7, 11) is 1.45. The van der Waals surface area contributed by atoms with E-state index >= 15 is 0 Å². The Labute approximate surface area is 74.8 Å². The third-order valence-corrected chi connectivity index (χ3v) is 1.53. The first kappa shape index (κ1) is 9.25. The Morgan fingerprint density at radius 3 is 2.62 bits per heavy atom. The van der Waals surface area contributed by atoms with E-state index in [0.29, 0.717) is 5.75 Å². The highest BCUT2D eigenvalue weighted by Gasteiger charge is 2.14. The molecule has 1 N–H and O–H groups in total. The van der Waals surface area contributed by atoms with E-state index in [1.807, 2.05) is 0 Å². The molecule has 0 fully saturated rings. The lowest BCUT2D eigenvalue weighted by Crippen LogP contribution is -2.12. The van der Waals surface area contributed by atoms with Gasteiger partial charge in [-0.2, -0.15) is 0 Å². The van der Waals surface area contributed by atoms with Crippen LogP contribution in [-0.2, 0) is 4.79 Å². The lowest BCUT2D eigenvalue weighted by molar-refractivity contribution is -0.131. The second-order valence-corrected chi connectivity index (χ2v) is 2.37. The molecule has 4 nitrogen and oxygen atoms in total.